The van der Waals surface area contributed by atoms with E-state index in [1.807, 2.05) is 43.4 Å². The lowest BCUT2D eigenvalue weighted by atomic mass is 9.71. The van der Waals surface area contributed by atoms with Crippen molar-refractivity contribution < 1.29 is 9.59 Å². The second kappa shape index (κ2) is 3.55. The van der Waals surface area contributed by atoms with Gasteiger partial charge >= 0.3 is 0 Å². The molecular weight excluding hydrogens is 214 g/mol. The molecule has 2 unspecified atom stereocenters. The van der Waals surface area contributed by atoms with Crippen LogP contribution in [0.5, 0.6) is 0 Å². The fourth-order valence-electron chi connectivity index (χ4n) is 2.77. The lowest BCUT2D eigenvalue weighted by Gasteiger charge is -2.39. The van der Waals surface area contributed by atoms with Crippen molar-refractivity contribution in [3.05, 3.63) is 47.6 Å². The van der Waals surface area contributed by atoms with Crippen LogP contribution >= 0.6 is 0 Å². The normalized spacial score (nSPS) is 30.1. The van der Waals surface area contributed by atoms with Crippen molar-refractivity contribution in [2.75, 3.05) is 6.54 Å². The maximum Gasteiger partial charge on any atom is 0.257 e. The Kier molecular flexibility index (Phi) is 2.15. The quantitative estimate of drug-likeness (QED) is 0.638. The molecule has 3 aliphatic rings. The van der Waals surface area contributed by atoms with E-state index in [4.69, 9.17) is 0 Å². The first-order chi connectivity index (χ1) is 8.24. The van der Waals surface area contributed by atoms with E-state index in [1.165, 1.54) is 4.90 Å². The van der Waals surface area contributed by atoms with Gasteiger partial charge in [0.15, 0.2) is 0 Å². The number of likely N-dealkylation sites (tertiary alicyclic amines) is 1. The SMILES string of the molecule is CCN1C(=O)C2=CC=CC3=CC=CC(C1=O)C32. The third kappa shape index (κ3) is 1.28. The monoisotopic (exact) mass is 227 g/mol. The smallest absolute Gasteiger partial charge is 0.257 e. The Bertz CT molecular complexity index is 522. The summed E-state index contributed by atoms with van der Waals surface area (Å²) in [6.07, 6.45) is 11.5. The van der Waals surface area contributed by atoms with Crippen LogP contribution in [0.25, 0.3) is 0 Å². The van der Waals surface area contributed by atoms with Gasteiger partial charge in [-0.15, -0.1) is 0 Å². The van der Waals surface area contributed by atoms with Crippen LogP contribution in [0, 0.1) is 11.8 Å². The molecule has 0 aromatic carbocycles. The highest BCUT2D eigenvalue weighted by Crippen LogP contribution is 2.40. The van der Waals surface area contributed by atoms with Gasteiger partial charge in [0.25, 0.3) is 5.91 Å². The average molecular weight is 227 g/mol. The number of piperidine rings is 1. The van der Waals surface area contributed by atoms with Crippen molar-refractivity contribution in [2.45, 2.75) is 6.92 Å². The van der Waals surface area contributed by atoms with Crippen LogP contribution in [0.3, 0.4) is 0 Å². The lowest BCUT2D eigenvalue weighted by molar-refractivity contribution is -0.148. The Morgan fingerprint density at radius 1 is 1.24 bits per heavy atom. The van der Waals surface area contributed by atoms with Gasteiger partial charge in [-0.1, -0.05) is 36.5 Å². The summed E-state index contributed by atoms with van der Waals surface area (Å²) in [6.45, 7) is 2.27. The Labute approximate surface area is 99.8 Å². The van der Waals surface area contributed by atoms with Crippen molar-refractivity contribution in [2.24, 2.45) is 11.8 Å². The van der Waals surface area contributed by atoms with Crippen LogP contribution in [0.2, 0.25) is 0 Å². The van der Waals surface area contributed by atoms with Gasteiger partial charge in [0.05, 0.1) is 5.92 Å². The summed E-state index contributed by atoms with van der Waals surface area (Å²) in [5.41, 5.74) is 1.81. The molecule has 1 heterocycles. The molecule has 2 aliphatic carbocycles. The van der Waals surface area contributed by atoms with E-state index < -0.39 is 0 Å². The van der Waals surface area contributed by atoms with Gasteiger partial charge in [-0.25, -0.2) is 0 Å². The molecule has 0 N–H and O–H groups in total. The minimum absolute atomic E-state index is 0.0622. The second-order valence-electron chi connectivity index (χ2n) is 4.42. The number of hydrogen-bond donors (Lipinski definition) is 0. The first-order valence-electron chi connectivity index (χ1n) is 5.86. The van der Waals surface area contributed by atoms with Crippen molar-refractivity contribution in [3.63, 3.8) is 0 Å². The zero-order chi connectivity index (χ0) is 12.0. The Morgan fingerprint density at radius 3 is 2.82 bits per heavy atom. The number of carbonyl (C=O) groups is 2. The minimum atomic E-state index is -0.205. The van der Waals surface area contributed by atoms with Crippen LogP contribution < -0.4 is 0 Å². The van der Waals surface area contributed by atoms with Gasteiger partial charge in [-0.05, 0) is 12.5 Å². The third-order valence-corrected chi connectivity index (χ3v) is 3.58. The maximum atomic E-state index is 12.2. The first kappa shape index (κ1) is 10.3. The van der Waals surface area contributed by atoms with E-state index in [-0.39, 0.29) is 23.7 Å². The molecule has 0 aromatic rings. The number of amides is 2. The number of imide groups is 1. The summed E-state index contributed by atoms with van der Waals surface area (Å²) < 4.78 is 0. The van der Waals surface area contributed by atoms with E-state index in [0.717, 1.165) is 11.1 Å². The molecule has 3 heteroatoms. The van der Waals surface area contributed by atoms with Gasteiger partial charge in [-0.3, -0.25) is 14.5 Å². The van der Waals surface area contributed by atoms with Crippen molar-refractivity contribution in [1.29, 1.82) is 0 Å². The number of allylic oxidation sites excluding steroid dienone is 6. The molecule has 1 saturated heterocycles. The third-order valence-electron chi connectivity index (χ3n) is 3.58. The molecule has 2 atom stereocenters. The summed E-state index contributed by atoms with van der Waals surface area (Å²) in [6, 6.07) is 0. The molecule has 0 radical (unpaired) electrons. The maximum absolute atomic E-state index is 12.2. The summed E-state index contributed by atoms with van der Waals surface area (Å²) >= 11 is 0. The summed E-state index contributed by atoms with van der Waals surface area (Å²) in [4.78, 5) is 25.7. The van der Waals surface area contributed by atoms with E-state index >= 15 is 0 Å². The first-order valence-corrected chi connectivity index (χ1v) is 5.86. The largest absolute Gasteiger partial charge is 0.279 e. The Balaban J connectivity index is 2.14. The molecule has 1 aliphatic heterocycles. The minimum Gasteiger partial charge on any atom is -0.279 e. The molecule has 1 fully saturated rings. The second-order valence-corrected chi connectivity index (χ2v) is 4.42. The predicted octanol–water partition coefficient (Wildman–Crippen LogP) is 1.60. The number of nitrogens with zero attached hydrogens (tertiary/aromatic N) is 1. The topological polar surface area (TPSA) is 37.4 Å². The highest BCUT2D eigenvalue weighted by molar-refractivity contribution is 6.10. The molecule has 3 rings (SSSR count). The lowest BCUT2D eigenvalue weighted by Crippen LogP contribution is -2.50. The van der Waals surface area contributed by atoms with Crippen LogP contribution in [0.15, 0.2) is 47.6 Å². The highest BCUT2D eigenvalue weighted by atomic mass is 16.2. The van der Waals surface area contributed by atoms with Crippen LogP contribution in [-0.4, -0.2) is 23.3 Å². The highest BCUT2D eigenvalue weighted by Gasteiger charge is 2.45. The number of carbonyl (C=O) groups excluding carboxylic acids is 2. The molecule has 0 spiro atoms. The zero-order valence-electron chi connectivity index (χ0n) is 9.59. The van der Waals surface area contributed by atoms with E-state index in [9.17, 15) is 9.59 Å². The summed E-state index contributed by atoms with van der Waals surface area (Å²) in [5.74, 6) is -0.474. The van der Waals surface area contributed by atoms with E-state index in [0.29, 0.717) is 6.54 Å². The molecular formula is C14H13NO2. The van der Waals surface area contributed by atoms with E-state index in [2.05, 4.69) is 0 Å². The average Bonchev–Trinajstić information content (AvgIpc) is 2.36. The van der Waals surface area contributed by atoms with Crippen LogP contribution in [0.1, 0.15) is 6.92 Å². The van der Waals surface area contributed by atoms with Crippen molar-refractivity contribution in [1.82, 2.24) is 4.90 Å². The molecule has 17 heavy (non-hydrogen) atoms. The fourth-order valence-corrected chi connectivity index (χ4v) is 2.77. The Morgan fingerprint density at radius 2 is 2.06 bits per heavy atom. The van der Waals surface area contributed by atoms with Crippen molar-refractivity contribution >= 4 is 11.8 Å². The van der Waals surface area contributed by atoms with Gasteiger partial charge in [0.2, 0.25) is 5.91 Å². The van der Waals surface area contributed by atoms with Crippen molar-refractivity contribution in [3.8, 4) is 0 Å². The molecule has 0 aromatic heterocycles. The van der Waals surface area contributed by atoms with Crippen LogP contribution in [0.4, 0.5) is 0 Å². The number of likely N-dealkylation sites (N-methyl/N-ethyl adjacent to an activating group) is 1. The molecule has 86 valence electrons. The summed E-state index contributed by atoms with van der Waals surface area (Å²) in [5, 5.41) is 0. The summed E-state index contributed by atoms with van der Waals surface area (Å²) in [7, 11) is 0. The van der Waals surface area contributed by atoms with E-state index in [1.54, 1.807) is 0 Å². The molecule has 2 amide bonds. The standard InChI is InChI=1S/C14H13NO2/c1-2-15-13(16)10-7-3-5-9-6-4-8-11(12(9)10)14(15)17/h3-8,10,12H,2H2,1H3. The van der Waals surface area contributed by atoms with Gasteiger partial charge in [0, 0.05) is 18.0 Å². The zero-order valence-corrected chi connectivity index (χ0v) is 9.59. The molecule has 3 nitrogen and oxygen atoms in total. The molecule has 0 bridgehead atoms. The fraction of sp³-hybridized carbons (Fsp3) is 0.286. The predicted molar refractivity (Wildman–Crippen MR) is 63.8 cm³/mol. The van der Waals surface area contributed by atoms with Gasteiger partial charge < -0.3 is 0 Å². The van der Waals surface area contributed by atoms with Gasteiger partial charge in [0.1, 0.15) is 0 Å². The van der Waals surface area contributed by atoms with Gasteiger partial charge in [-0.2, -0.15) is 0 Å². The molecule has 0 saturated carbocycles. The van der Waals surface area contributed by atoms with Crippen LogP contribution in [-0.2, 0) is 9.59 Å². The Hall–Kier alpha value is -1.90. The number of hydrogen-bond acceptors (Lipinski definition) is 2. The number of rotatable bonds is 1.